The van der Waals surface area contributed by atoms with Crippen molar-refractivity contribution < 1.29 is 32.5 Å². The minimum Gasteiger partial charge on any atom is -0.494 e. The van der Waals surface area contributed by atoms with E-state index >= 15 is 0 Å². The Labute approximate surface area is 253 Å². The second kappa shape index (κ2) is 13.3. The highest BCUT2D eigenvalue weighted by molar-refractivity contribution is 5.68. The van der Waals surface area contributed by atoms with Crippen molar-refractivity contribution in [1.29, 1.82) is 0 Å². The summed E-state index contributed by atoms with van der Waals surface area (Å²) >= 11 is 0. The van der Waals surface area contributed by atoms with Crippen molar-refractivity contribution in [2.45, 2.75) is 45.2 Å². The van der Waals surface area contributed by atoms with E-state index in [2.05, 4.69) is 20.7 Å². The predicted molar refractivity (Wildman–Crippen MR) is 160 cm³/mol. The number of rotatable bonds is 12. The molecule has 44 heavy (non-hydrogen) atoms. The average molecular weight is 610 g/mol. The van der Waals surface area contributed by atoms with Gasteiger partial charge in [-0.1, -0.05) is 12.1 Å². The summed E-state index contributed by atoms with van der Waals surface area (Å²) in [5.74, 6) is 0.386. The lowest BCUT2D eigenvalue weighted by molar-refractivity contribution is -0.138. The highest BCUT2D eigenvalue weighted by Crippen LogP contribution is 2.33. The molecule has 0 saturated carbocycles. The summed E-state index contributed by atoms with van der Waals surface area (Å²) < 4.78 is 53.0. The second-order valence-electron chi connectivity index (χ2n) is 10.5. The molecule has 232 valence electrons. The number of aryl methyl sites for hydroxylation is 1. The fourth-order valence-corrected chi connectivity index (χ4v) is 5.10. The SMILES string of the molecule is CCOc1cc(C(CC(=O)O)Cc2cc(OCCc3ccc4c(n3)NCCN4)n(-c3ccc(C(F)(F)F)cc3)n2)ccc1C. The van der Waals surface area contributed by atoms with Gasteiger partial charge in [0.15, 0.2) is 0 Å². The summed E-state index contributed by atoms with van der Waals surface area (Å²) in [4.78, 5) is 16.5. The van der Waals surface area contributed by atoms with E-state index in [1.54, 1.807) is 6.07 Å². The van der Waals surface area contributed by atoms with Gasteiger partial charge in [0.25, 0.3) is 0 Å². The number of alkyl halides is 3. The number of hydrogen-bond donors (Lipinski definition) is 3. The smallest absolute Gasteiger partial charge is 0.416 e. The number of benzene rings is 2. The molecular formula is C32H34F3N5O4. The lowest BCUT2D eigenvalue weighted by atomic mass is 9.90. The van der Waals surface area contributed by atoms with Crippen LogP contribution < -0.4 is 20.1 Å². The molecule has 2 aromatic heterocycles. The number of hydrogen-bond acceptors (Lipinski definition) is 7. The number of nitrogens with zero attached hydrogens (tertiary/aromatic N) is 3. The van der Waals surface area contributed by atoms with Gasteiger partial charge in [0.05, 0.1) is 42.3 Å². The molecule has 4 aromatic rings. The van der Waals surface area contributed by atoms with E-state index in [4.69, 9.17) is 9.47 Å². The molecule has 0 radical (unpaired) electrons. The van der Waals surface area contributed by atoms with E-state index in [1.165, 1.54) is 16.8 Å². The normalized spacial score (nSPS) is 13.4. The number of carboxylic acids is 1. The molecule has 0 spiro atoms. The van der Waals surface area contributed by atoms with Gasteiger partial charge in [-0.05, 0) is 73.9 Å². The third-order valence-corrected chi connectivity index (χ3v) is 7.32. The molecule has 3 heterocycles. The van der Waals surface area contributed by atoms with Gasteiger partial charge in [-0.3, -0.25) is 4.79 Å². The molecule has 2 aromatic carbocycles. The molecule has 1 unspecified atom stereocenters. The van der Waals surface area contributed by atoms with Crippen LogP contribution in [0.1, 0.15) is 47.3 Å². The molecule has 0 fully saturated rings. The van der Waals surface area contributed by atoms with Crippen molar-refractivity contribution in [3.05, 3.63) is 88.7 Å². The summed E-state index contributed by atoms with van der Waals surface area (Å²) in [5, 5.41) is 20.9. The number of pyridine rings is 1. The van der Waals surface area contributed by atoms with Gasteiger partial charge < -0.3 is 25.2 Å². The summed E-state index contributed by atoms with van der Waals surface area (Å²) in [5.41, 5.74) is 3.61. The third-order valence-electron chi connectivity index (χ3n) is 7.32. The van der Waals surface area contributed by atoms with E-state index in [9.17, 15) is 23.1 Å². The number of carbonyl (C=O) groups is 1. The van der Waals surface area contributed by atoms with Crippen LogP contribution in [0.5, 0.6) is 11.6 Å². The van der Waals surface area contributed by atoms with Gasteiger partial charge in [-0.25, -0.2) is 9.67 Å². The Morgan fingerprint density at radius 1 is 1.02 bits per heavy atom. The van der Waals surface area contributed by atoms with Crippen LogP contribution in [0.4, 0.5) is 24.7 Å². The molecule has 0 aliphatic carbocycles. The Kier molecular flexibility index (Phi) is 9.26. The van der Waals surface area contributed by atoms with Gasteiger partial charge >= 0.3 is 12.1 Å². The van der Waals surface area contributed by atoms with Crippen molar-refractivity contribution in [3.63, 3.8) is 0 Å². The Morgan fingerprint density at radius 3 is 2.52 bits per heavy atom. The van der Waals surface area contributed by atoms with Crippen LogP contribution in [-0.4, -0.2) is 52.1 Å². The van der Waals surface area contributed by atoms with E-state index in [-0.39, 0.29) is 19.4 Å². The Hall–Kier alpha value is -4.74. The van der Waals surface area contributed by atoms with Crippen LogP contribution in [0, 0.1) is 6.92 Å². The number of aliphatic carboxylic acids is 1. The highest BCUT2D eigenvalue weighted by atomic mass is 19.4. The Morgan fingerprint density at radius 2 is 1.80 bits per heavy atom. The first kappa shape index (κ1) is 30.7. The maximum Gasteiger partial charge on any atom is 0.416 e. The quantitative estimate of drug-likeness (QED) is 0.173. The zero-order valence-corrected chi connectivity index (χ0v) is 24.4. The maximum absolute atomic E-state index is 13.2. The number of aromatic nitrogens is 3. The van der Waals surface area contributed by atoms with Crippen LogP contribution in [-0.2, 0) is 23.8 Å². The van der Waals surface area contributed by atoms with Crippen molar-refractivity contribution in [1.82, 2.24) is 14.8 Å². The maximum atomic E-state index is 13.2. The monoisotopic (exact) mass is 609 g/mol. The van der Waals surface area contributed by atoms with Gasteiger partial charge in [0, 0.05) is 37.2 Å². The number of carboxylic acid groups (broad SMARTS) is 1. The molecule has 1 aliphatic heterocycles. The van der Waals surface area contributed by atoms with E-state index in [0.29, 0.717) is 36.0 Å². The van der Waals surface area contributed by atoms with Crippen LogP contribution in [0.15, 0.2) is 60.7 Å². The van der Waals surface area contributed by atoms with Crippen LogP contribution in [0.2, 0.25) is 0 Å². The number of fused-ring (bicyclic) bond motifs is 1. The first-order valence-electron chi connectivity index (χ1n) is 14.4. The molecule has 3 N–H and O–H groups in total. The minimum absolute atomic E-state index is 0.148. The third kappa shape index (κ3) is 7.42. The van der Waals surface area contributed by atoms with E-state index in [0.717, 1.165) is 53.5 Å². The van der Waals surface area contributed by atoms with E-state index < -0.39 is 23.6 Å². The zero-order valence-electron chi connectivity index (χ0n) is 24.4. The van der Waals surface area contributed by atoms with Crippen molar-refractivity contribution in [3.8, 4) is 17.3 Å². The van der Waals surface area contributed by atoms with Gasteiger partial charge in [0.2, 0.25) is 5.88 Å². The lowest BCUT2D eigenvalue weighted by Gasteiger charge is -2.19. The Balaban J connectivity index is 1.41. The predicted octanol–water partition coefficient (Wildman–Crippen LogP) is 6.25. The van der Waals surface area contributed by atoms with E-state index in [1.807, 2.05) is 44.2 Å². The lowest BCUT2D eigenvalue weighted by Crippen LogP contribution is -2.21. The molecule has 0 bridgehead atoms. The summed E-state index contributed by atoms with van der Waals surface area (Å²) in [6, 6.07) is 15.9. The topological polar surface area (TPSA) is 111 Å². The van der Waals surface area contributed by atoms with Crippen molar-refractivity contribution in [2.75, 3.05) is 36.9 Å². The summed E-state index contributed by atoms with van der Waals surface area (Å²) in [7, 11) is 0. The number of ether oxygens (including phenoxy) is 2. The van der Waals surface area contributed by atoms with Crippen LogP contribution >= 0.6 is 0 Å². The molecule has 9 nitrogen and oxygen atoms in total. The molecule has 5 rings (SSSR count). The second-order valence-corrected chi connectivity index (χ2v) is 10.5. The minimum atomic E-state index is -4.47. The molecule has 0 saturated heterocycles. The number of halogens is 3. The van der Waals surface area contributed by atoms with Crippen molar-refractivity contribution in [2.24, 2.45) is 0 Å². The fourth-order valence-electron chi connectivity index (χ4n) is 5.10. The standard InChI is InChI=1S/C32H34F3N5O4/c1-3-43-28-17-21(5-4-20(28)2)22(18-30(41)42)16-25-19-29(40(39-25)26-9-6-23(7-10-26)32(33,34)35)44-15-12-24-8-11-27-31(38-24)37-14-13-36-27/h4-11,17,19,22,36H,3,12-16,18H2,1-2H3,(H,37,38)(H,41,42). The largest absolute Gasteiger partial charge is 0.494 e. The molecule has 12 heteroatoms. The number of nitrogens with one attached hydrogen (secondary N) is 2. The first-order valence-corrected chi connectivity index (χ1v) is 14.4. The molecule has 1 aliphatic rings. The molecule has 0 amide bonds. The van der Waals surface area contributed by atoms with Crippen molar-refractivity contribution >= 4 is 17.5 Å². The summed E-state index contributed by atoms with van der Waals surface area (Å²) in [6.07, 6.45) is -3.88. The average Bonchev–Trinajstić information content (AvgIpc) is 3.39. The first-order chi connectivity index (χ1) is 21.1. The fraction of sp³-hybridized carbons (Fsp3) is 0.344. The van der Waals surface area contributed by atoms with Crippen LogP contribution in [0.3, 0.4) is 0 Å². The molecular weight excluding hydrogens is 575 g/mol. The zero-order chi connectivity index (χ0) is 31.3. The number of anilines is 2. The van der Waals surface area contributed by atoms with Gasteiger partial charge in [-0.2, -0.15) is 18.3 Å². The van der Waals surface area contributed by atoms with Gasteiger partial charge in [0.1, 0.15) is 11.6 Å². The highest BCUT2D eigenvalue weighted by Gasteiger charge is 2.30. The van der Waals surface area contributed by atoms with Crippen LogP contribution in [0.25, 0.3) is 5.69 Å². The Bertz CT molecular complexity index is 1600. The summed E-state index contributed by atoms with van der Waals surface area (Å²) in [6.45, 7) is 6.10. The van der Waals surface area contributed by atoms with Gasteiger partial charge in [-0.15, -0.1) is 0 Å². The molecule has 1 atom stereocenters.